The Bertz CT molecular complexity index is 909. The highest BCUT2D eigenvalue weighted by Crippen LogP contribution is 2.39. The van der Waals surface area contributed by atoms with Gasteiger partial charge in [-0.3, -0.25) is 9.59 Å². The number of rotatable bonds is 6. The van der Waals surface area contributed by atoms with Gasteiger partial charge in [-0.2, -0.15) is 0 Å². The van der Waals surface area contributed by atoms with Gasteiger partial charge in [-0.1, -0.05) is 35.6 Å². The van der Waals surface area contributed by atoms with Crippen LogP contribution in [0.25, 0.3) is 5.76 Å². The van der Waals surface area contributed by atoms with E-state index in [1.165, 1.54) is 9.80 Å². The van der Waals surface area contributed by atoms with Crippen molar-refractivity contribution in [2.75, 3.05) is 27.2 Å². The molecule has 1 atom stereocenters. The van der Waals surface area contributed by atoms with Gasteiger partial charge in [0.05, 0.1) is 20.6 Å². The zero-order valence-corrected chi connectivity index (χ0v) is 16.7. The standard InChI is InChI=1S/C22H26N2O4/c1-14-6-9-16(10-7-14)20(25)18-19(17-11-8-15(2)28-17)24(22(27)21(18)26)13-5-12-23(3)4/h6-11,19,25H,5,12-13H2,1-4H3/b20-18+. The minimum absolute atomic E-state index is 0.0274. The van der Waals surface area contributed by atoms with Crippen LogP contribution in [0.5, 0.6) is 0 Å². The highest BCUT2D eigenvalue weighted by atomic mass is 16.3. The van der Waals surface area contributed by atoms with Gasteiger partial charge in [-0.15, -0.1) is 0 Å². The van der Waals surface area contributed by atoms with E-state index < -0.39 is 23.5 Å². The number of benzene rings is 1. The second-order valence-corrected chi connectivity index (χ2v) is 7.60. The molecule has 2 heterocycles. The van der Waals surface area contributed by atoms with Crippen LogP contribution in [0.3, 0.4) is 0 Å². The van der Waals surface area contributed by atoms with E-state index in [2.05, 4.69) is 0 Å². The Balaban J connectivity index is 2.05. The average molecular weight is 382 g/mol. The topological polar surface area (TPSA) is 78.0 Å². The molecule has 1 aliphatic heterocycles. The minimum Gasteiger partial charge on any atom is -0.872 e. The summed E-state index contributed by atoms with van der Waals surface area (Å²) in [4.78, 5) is 28.2. The Morgan fingerprint density at radius 2 is 1.79 bits per heavy atom. The number of Topliss-reactive ketones (excluding diaryl/α,β-unsaturated/α-hetero) is 1. The second-order valence-electron chi connectivity index (χ2n) is 7.60. The average Bonchev–Trinajstić information content (AvgIpc) is 3.18. The number of aryl methyl sites for hydroxylation is 2. The van der Waals surface area contributed by atoms with Crippen molar-refractivity contribution < 1.29 is 24.0 Å². The number of carbonyl (C=O) groups is 2. The fraction of sp³-hybridized carbons (Fsp3) is 0.364. The molecule has 1 N–H and O–H groups in total. The SMILES string of the molecule is Cc1ccc(/C([O-])=C2\C(=O)C(=O)N(CCC[NH+](C)C)C2c2ccc(C)o2)cc1. The number of hydrogen-bond acceptors (Lipinski definition) is 4. The Morgan fingerprint density at radius 1 is 1.11 bits per heavy atom. The number of amides is 1. The van der Waals surface area contributed by atoms with Crippen molar-refractivity contribution in [1.29, 1.82) is 0 Å². The van der Waals surface area contributed by atoms with Crippen LogP contribution < -0.4 is 10.0 Å². The van der Waals surface area contributed by atoms with Crippen molar-refractivity contribution in [3.8, 4) is 0 Å². The van der Waals surface area contributed by atoms with Crippen LogP contribution in [0.1, 0.15) is 35.1 Å². The van der Waals surface area contributed by atoms with Crippen molar-refractivity contribution in [3.63, 3.8) is 0 Å². The van der Waals surface area contributed by atoms with E-state index in [-0.39, 0.29) is 5.57 Å². The number of likely N-dealkylation sites (tertiary alicyclic amines) is 1. The molecule has 28 heavy (non-hydrogen) atoms. The van der Waals surface area contributed by atoms with Crippen molar-refractivity contribution in [3.05, 3.63) is 64.6 Å². The number of ketones is 1. The Morgan fingerprint density at radius 3 is 2.36 bits per heavy atom. The van der Waals surface area contributed by atoms with E-state index in [0.717, 1.165) is 18.5 Å². The fourth-order valence-corrected chi connectivity index (χ4v) is 3.46. The third-order valence-electron chi connectivity index (χ3n) is 4.95. The van der Waals surface area contributed by atoms with E-state index >= 15 is 0 Å². The van der Waals surface area contributed by atoms with E-state index in [1.54, 1.807) is 31.2 Å². The first-order chi connectivity index (χ1) is 13.3. The van der Waals surface area contributed by atoms with Crippen LogP contribution in [-0.4, -0.2) is 43.8 Å². The summed E-state index contributed by atoms with van der Waals surface area (Å²) in [5.41, 5.74) is 1.39. The van der Waals surface area contributed by atoms with Crippen molar-refractivity contribution in [1.82, 2.24) is 4.90 Å². The van der Waals surface area contributed by atoms with Gasteiger partial charge in [0.15, 0.2) is 0 Å². The predicted octanol–water partition coefficient (Wildman–Crippen LogP) is 0.655. The number of quaternary nitrogens is 1. The largest absolute Gasteiger partial charge is 0.872 e. The van der Waals surface area contributed by atoms with E-state index in [9.17, 15) is 14.7 Å². The Kier molecular flexibility index (Phi) is 5.70. The smallest absolute Gasteiger partial charge is 0.295 e. The molecule has 0 radical (unpaired) electrons. The van der Waals surface area contributed by atoms with Crippen molar-refractivity contribution >= 4 is 17.4 Å². The van der Waals surface area contributed by atoms with Gasteiger partial charge in [-0.25, -0.2) is 0 Å². The first-order valence-electron chi connectivity index (χ1n) is 9.48. The summed E-state index contributed by atoms with van der Waals surface area (Å²) in [6, 6.07) is 9.74. The van der Waals surface area contributed by atoms with Crippen LogP contribution >= 0.6 is 0 Å². The van der Waals surface area contributed by atoms with Gasteiger partial charge in [0.1, 0.15) is 17.6 Å². The summed E-state index contributed by atoms with van der Waals surface area (Å²) < 4.78 is 5.73. The Hall–Kier alpha value is -2.86. The van der Waals surface area contributed by atoms with Gasteiger partial charge in [0.2, 0.25) is 5.78 Å². The molecule has 1 aromatic carbocycles. The molecule has 1 unspecified atom stereocenters. The quantitative estimate of drug-likeness (QED) is 0.452. The fourth-order valence-electron chi connectivity index (χ4n) is 3.46. The molecule has 1 aliphatic rings. The zero-order valence-electron chi connectivity index (χ0n) is 16.7. The summed E-state index contributed by atoms with van der Waals surface area (Å²) in [5, 5.41) is 13.1. The highest BCUT2D eigenvalue weighted by Gasteiger charge is 2.45. The molecular weight excluding hydrogens is 356 g/mol. The second kappa shape index (κ2) is 8.02. The van der Waals surface area contributed by atoms with Crippen LogP contribution in [-0.2, 0) is 9.59 Å². The van der Waals surface area contributed by atoms with E-state index in [1.807, 2.05) is 33.2 Å². The molecule has 1 amide bonds. The lowest BCUT2D eigenvalue weighted by Gasteiger charge is -2.25. The van der Waals surface area contributed by atoms with Crippen LogP contribution in [0, 0.1) is 13.8 Å². The van der Waals surface area contributed by atoms with Gasteiger partial charge < -0.3 is 19.3 Å². The lowest BCUT2D eigenvalue weighted by atomic mass is 9.99. The van der Waals surface area contributed by atoms with Gasteiger partial charge in [0.25, 0.3) is 5.91 Å². The van der Waals surface area contributed by atoms with Crippen molar-refractivity contribution in [2.45, 2.75) is 26.3 Å². The van der Waals surface area contributed by atoms with E-state index in [0.29, 0.717) is 23.6 Å². The summed E-state index contributed by atoms with van der Waals surface area (Å²) in [7, 11) is 4.06. The van der Waals surface area contributed by atoms with Crippen LogP contribution in [0.4, 0.5) is 0 Å². The number of carbonyl (C=O) groups excluding carboxylic acids is 2. The molecule has 0 bridgehead atoms. The van der Waals surface area contributed by atoms with Crippen LogP contribution in [0.15, 0.2) is 46.4 Å². The highest BCUT2D eigenvalue weighted by molar-refractivity contribution is 6.46. The monoisotopic (exact) mass is 382 g/mol. The Labute approximate surface area is 165 Å². The van der Waals surface area contributed by atoms with Gasteiger partial charge in [0, 0.05) is 18.5 Å². The molecule has 148 valence electrons. The summed E-state index contributed by atoms with van der Waals surface area (Å²) in [6.07, 6.45) is 0.726. The molecule has 1 saturated heterocycles. The molecule has 6 heteroatoms. The molecule has 0 saturated carbocycles. The molecule has 2 aromatic rings. The third-order valence-corrected chi connectivity index (χ3v) is 4.95. The van der Waals surface area contributed by atoms with E-state index in [4.69, 9.17) is 4.42 Å². The van der Waals surface area contributed by atoms with Gasteiger partial charge in [-0.05, 0) is 31.5 Å². The molecule has 0 aliphatic carbocycles. The maximum atomic E-state index is 13.1. The molecule has 1 fully saturated rings. The number of hydrogen-bond donors (Lipinski definition) is 1. The molecule has 0 spiro atoms. The zero-order chi connectivity index (χ0) is 20.4. The molecule has 3 rings (SSSR count). The summed E-state index contributed by atoms with van der Waals surface area (Å²) in [5.74, 6) is -0.672. The number of nitrogens with one attached hydrogen (secondary N) is 1. The summed E-state index contributed by atoms with van der Waals surface area (Å²) in [6.45, 7) is 4.96. The lowest BCUT2D eigenvalue weighted by molar-refractivity contribution is -0.858. The first-order valence-corrected chi connectivity index (χ1v) is 9.48. The predicted molar refractivity (Wildman–Crippen MR) is 103 cm³/mol. The van der Waals surface area contributed by atoms with Crippen LogP contribution in [0.2, 0.25) is 0 Å². The normalized spacial score (nSPS) is 19.0. The number of nitrogens with zero attached hydrogens (tertiary/aromatic N) is 1. The van der Waals surface area contributed by atoms with Gasteiger partial charge >= 0.3 is 0 Å². The van der Waals surface area contributed by atoms with Crippen molar-refractivity contribution in [2.24, 2.45) is 0 Å². The minimum atomic E-state index is -0.778. The molecular formula is C22H26N2O4. The number of furan rings is 1. The molecule has 1 aromatic heterocycles. The molecule has 6 nitrogen and oxygen atoms in total. The summed E-state index contributed by atoms with van der Waals surface area (Å²) >= 11 is 0. The maximum absolute atomic E-state index is 13.1. The maximum Gasteiger partial charge on any atom is 0.295 e. The third kappa shape index (κ3) is 3.87. The lowest BCUT2D eigenvalue weighted by Crippen LogP contribution is -3.05. The first kappa shape index (κ1) is 19.9.